The van der Waals surface area contributed by atoms with Crippen molar-refractivity contribution in [3.63, 3.8) is 0 Å². The van der Waals surface area contributed by atoms with E-state index in [2.05, 4.69) is 55.7 Å². The Morgan fingerprint density at radius 3 is 2.48 bits per heavy atom. The minimum Gasteiger partial charge on any atom is -0.383 e. The molecule has 2 aromatic heterocycles. The molecule has 0 aliphatic rings. The van der Waals surface area contributed by atoms with Gasteiger partial charge in [-0.25, -0.2) is 9.97 Å². The average molecular weight is 289 g/mol. The quantitative estimate of drug-likeness (QED) is 0.935. The number of hydrogen-bond donors (Lipinski definition) is 1. The minimum atomic E-state index is -0.0375. The first-order valence-electron chi connectivity index (χ1n) is 7.66. The largest absolute Gasteiger partial charge is 0.383 e. The predicted octanol–water partition coefficient (Wildman–Crippen LogP) is 3.62. The van der Waals surface area contributed by atoms with Gasteiger partial charge in [0.1, 0.15) is 17.3 Å². The Labute approximate surface area is 127 Å². The first kappa shape index (κ1) is 15.6. The van der Waals surface area contributed by atoms with Crippen molar-refractivity contribution in [3.05, 3.63) is 18.3 Å². The molecular formula is C16H27N5. The molecule has 0 saturated heterocycles. The molecular weight excluding hydrogens is 262 g/mol. The lowest BCUT2D eigenvalue weighted by molar-refractivity contribution is 0.498. The Hall–Kier alpha value is -1.78. The highest BCUT2D eigenvalue weighted by atomic mass is 15.2. The molecule has 5 nitrogen and oxygen atoms in total. The summed E-state index contributed by atoms with van der Waals surface area (Å²) in [5, 5.41) is 0. The Morgan fingerprint density at radius 2 is 1.95 bits per heavy atom. The van der Waals surface area contributed by atoms with Gasteiger partial charge in [-0.05, 0) is 20.3 Å². The summed E-state index contributed by atoms with van der Waals surface area (Å²) in [7, 11) is 0. The molecule has 0 aromatic carbocycles. The SMILES string of the molecule is CCCn1c(C(C)(C)C)nc(-c2cncn2C(C)C)c1N. The van der Waals surface area contributed by atoms with Crippen LogP contribution < -0.4 is 5.73 Å². The standard InChI is InChI=1S/C16H27N5/c1-7-8-20-14(17)13(19-15(20)16(4,5)6)12-9-18-10-21(12)11(2)3/h9-11H,7-8,17H2,1-6H3. The van der Waals surface area contributed by atoms with Crippen LogP contribution in [0.3, 0.4) is 0 Å². The van der Waals surface area contributed by atoms with Crippen molar-refractivity contribution in [1.29, 1.82) is 0 Å². The van der Waals surface area contributed by atoms with E-state index in [1.807, 2.05) is 12.5 Å². The third-order valence-corrected chi connectivity index (χ3v) is 3.59. The molecule has 2 heterocycles. The van der Waals surface area contributed by atoms with Gasteiger partial charge in [0.05, 0.1) is 18.2 Å². The molecule has 116 valence electrons. The van der Waals surface area contributed by atoms with Crippen molar-refractivity contribution in [2.24, 2.45) is 0 Å². The molecule has 2 rings (SSSR count). The number of anilines is 1. The van der Waals surface area contributed by atoms with Gasteiger partial charge in [0.15, 0.2) is 0 Å². The fraction of sp³-hybridized carbons (Fsp3) is 0.625. The monoisotopic (exact) mass is 289 g/mol. The van der Waals surface area contributed by atoms with Crippen molar-refractivity contribution in [2.45, 2.75) is 66.0 Å². The van der Waals surface area contributed by atoms with Gasteiger partial charge in [-0.1, -0.05) is 27.7 Å². The average Bonchev–Trinajstić information content (AvgIpc) is 2.95. The second-order valence-electron chi connectivity index (χ2n) is 6.85. The van der Waals surface area contributed by atoms with E-state index in [0.717, 1.165) is 36.0 Å². The summed E-state index contributed by atoms with van der Waals surface area (Å²) < 4.78 is 4.26. The Bertz CT molecular complexity index is 613. The van der Waals surface area contributed by atoms with Gasteiger partial charge < -0.3 is 14.9 Å². The van der Waals surface area contributed by atoms with Gasteiger partial charge in [-0.3, -0.25) is 0 Å². The van der Waals surface area contributed by atoms with Crippen LogP contribution in [0.2, 0.25) is 0 Å². The van der Waals surface area contributed by atoms with E-state index in [4.69, 9.17) is 10.7 Å². The number of imidazole rings is 2. The number of rotatable bonds is 4. The molecule has 0 aliphatic carbocycles. The van der Waals surface area contributed by atoms with E-state index in [0.29, 0.717) is 6.04 Å². The van der Waals surface area contributed by atoms with Gasteiger partial charge in [0.2, 0.25) is 0 Å². The van der Waals surface area contributed by atoms with Crippen molar-refractivity contribution in [1.82, 2.24) is 19.1 Å². The fourth-order valence-electron chi connectivity index (χ4n) is 2.58. The molecule has 0 radical (unpaired) electrons. The molecule has 0 aliphatic heterocycles. The predicted molar refractivity (Wildman–Crippen MR) is 87.2 cm³/mol. The molecule has 0 fully saturated rings. The molecule has 0 bridgehead atoms. The molecule has 0 unspecified atom stereocenters. The van der Waals surface area contributed by atoms with E-state index in [-0.39, 0.29) is 5.41 Å². The van der Waals surface area contributed by atoms with Crippen LogP contribution in [-0.2, 0) is 12.0 Å². The third kappa shape index (κ3) is 2.82. The maximum absolute atomic E-state index is 6.41. The zero-order valence-corrected chi connectivity index (χ0v) is 14.0. The Morgan fingerprint density at radius 1 is 1.29 bits per heavy atom. The summed E-state index contributed by atoms with van der Waals surface area (Å²) >= 11 is 0. The summed E-state index contributed by atoms with van der Waals surface area (Å²) in [4.78, 5) is 9.13. The smallest absolute Gasteiger partial charge is 0.133 e. The van der Waals surface area contributed by atoms with Crippen LogP contribution in [0.4, 0.5) is 5.82 Å². The molecule has 5 heteroatoms. The van der Waals surface area contributed by atoms with Gasteiger partial charge in [-0.2, -0.15) is 0 Å². The van der Waals surface area contributed by atoms with Crippen molar-refractivity contribution in [2.75, 3.05) is 5.73 Å². The van der Waals surface area contributed by atoms with Crippen LogP contribution in [0.5, 0.6) is 0 Å². The molecule has 0 spiro atoms. The fourth-order valence-corrected chi connectivity index (χ4v) is 2.58. The van der Waals surface area contributed by atoms with Crippen LogP contribution in [0.1, 0.15) is 59.8 Å². The van der Waals surface area contributed by atoms with Crippen LogP contribution >= 0.6 is 0 Å². The number of nitrogens with two attached hydrogens (primary N) is 1. The van der Waals surface area contributed by atoms with Crippen LogP contribution in [0.15, 0.2) is 12.5 Å². The lowest BCUT2D eigenvalue weighted by atomic mass is 9.95. The van der Waals surface area contributed by atoms with Gasteiger partial charge >= 0.3 is 0 Å². The summed E-state index contributed by atoms with van der Waals surface area (Å²) in [6, 6.07) is 0.330. The summed E-state index contributed by atoms with van der Waals surface area (Å²) in [6.07, 6.45) is 4.73. The summed E-state index contributed by atoms with van der Waals surface area (Å²) in [5.41, 5.74) is 8.20. The molecule has 2 N–H and O–H groups in total. The maximum Gasteiger partial charge on any atom is 0.133 e. The molecule has 0 atom stereocenters. The lowest BCUT2D eigenvalue weighted by Gasteiger charge is -2.19. The number of hydrogen-bond acceptors (Lipinski definition) is 3. The first-order chi connectivity index (χ1) is 9.77. The van der Waals surface area contributed by atoms with Gasteiger partial charge in [0.25, 0.3) is 0 Å². The van der Waals surface area contributed by atoms with E-state index < -0.39 is 0 Å². The minimum absolute atomic E-state index is 0.0375. The molecule has 0 amide bonds. The second-order valence-corrected chi connectivity index (χ2v) is 6.85. The van der Waals surface area contributed by atoms with Crippen LogP contribution in [0.25, 0.3) is 11.4 Å². The van der Waals surface area contributed by atoms with Crippen molar-refractivity contribution >= 4 is 5.82 Å². The van der Waals surface area contributed by atoms with Gasteiger partial charge in [-0.15, -0.1) is 0 Å². The maximum atomic E-state index is 6.41. The lowest BCUT2D eigenvalue weighted by Crippen LogP contribution is -2.19. The van der Waals surface area contributed by atoms with Crippen molar-refractivity contribution in [3.8, 4) is 11.4 Å². The summed E-state index contributed by atoms with van der Waals surface area (Å²) in [5.74, 6) is 1.78. The van der Waals surface area contributed by atoms with Gasteiger partial charge in [0, 0.05) is 18.0 Å². The first-order valence-corrected chi connectivity index (χ1v) is 7.66. The highest BCUT2D eigenvalue weighted by Gasteiger charge is 2.26. The molecule has 2 aromatic rings. The number of nitrogens with zero attached hydrogens (tertiary/aromatic N) is 4. The third-order valence-electron chi connectivity index (χ3n) is 3.59. The zero-order valence-electron chi connectivity index (χ0n) is 14.0. The highest BCUT2D eigenvalue weighted by Crippen LogP contribution is 2.32. The topological polar surface area (TPSA) is 61.7 Å². The van der Waals surface area contributed by atoms with E-state index in [1.54, 1.807) is 0 Å². The van der Waals surface area contributed by atoms with E-state index in [9.17, 15) is 0 Å². The van der Waals surface area contributed by atoms with Crippen LogP contribution in [-0.4, -0.2) is 19.1 Å². The Kier molecular flexibility index (Phi) is 4.12. The normalized spacial score (nSPS) is 12.3. The zero-order chi connectivity index (χ0) is 15.8. The van der Waals surface area contributed by atoms with Crippen molar-refractivity contribution < 1.29 is 0 Å². The summed E-state index contributed by atoms with van der Waals surface area (Å²) in [6.45, 7) is 13.8. The van der Waals surface area contributed by atoms with Crippen LogP contribution in [0, 0.1) is 0 Å². The molecule has 0 saturated carbocycles. The highest BCUT2D eigenvalue weighted by molar-refractivity contribution is 5.68. The Balaban J connectivity index is 2.63. The van der Waals surface area contributed by atoms with E-state index in [1.165, 1.54) is 0 Å². The number of nitrogen functional groups attached to an aromatic ring is 1. The number of aromatic nitrogens is 4. The molecule has 21 heavy (non-hydrogen) atoms. The van der Waals surface area contributed by atoms with E-state index >= 15 is 0 Å². The second kappa shape index (κ2) is 5.54.